The van der Waals surface area contributed by atoms with Gasteiger partial charge in [0.1, 0.15) is 28.8 Å². The van der Waals surface area contributed by atoms with Crippen molar-refractivity contribution in [1.29, 1.82) is 5.26 Å². The van der Waals surface area contributed by atoms with E-state index in [9.17, 15) is 14.3 Å². The summed E-state index contributed by atoms with van der Waals surface area (Å²) < 4.78 is 27.4. The summed E-state index contributed by atoms with van der Waals surface area (Å²) in [5, 5.41) is 15.8. The van der Waals surface area contributed by atoms with Gasteiger partial charge >= 0.3 is 6.09 Å². The average Bonchev–Trinajstić information content (AvgIpc) is 2.86. The maximum Gasteiger partial charge on any atom is 0.410 e. The fourth-order valence-electron chi connectivity index (χ4n) is 4.03. The van der Waals surface area contributed by atoms with Gasteiger partial charge in [0, 0.05) is 52.6 Å². The monoisotopic (exact) mass is 564 g/mol. The highest BCUT2D eigenvalue weighted by atomic mass is 32.2. The van der Waals surface area contributed by atoms with Crippen LogP contribution in [0.25, 0.3) is 0 Å². The molecule has 1 aromatic carbocycles. The van der Waals surface area contributed by atoms with Gasteiger partial charge in [-0.3, -0.25) is 0 Å². The molecule has 13 heteroatoms. The summed E-state index contributed by atoms with van der Waals surface area (Å²) in [7, 11) is -0.792. The number of amides is 1. The summed E-state index contributed by atoms with van der Waals surface area (Å²) >= 11 is 0. The summed E-state index contributed by atoms with van der Waals surface area (Å²) in [6.07, 6.45) is 4.71. The number of fused-ring (bicyclic) bond motifs is 1. The topological polar surface area (TPSA) is 155 Å². The van der Waals surface area contributed by atoms with Crippen LogP contribution in [0, 0.1) is 11.3 Å². The molecule has 0 bridgehead atoms. The number of hydrogen-bond acceptors (Lipinski definition) is 11. The lowest BCUT2D eigenvalue weighted by Gasteiger charge is -2.32. The van der Waals surface area contributed by atoms with Gasteiger partial charge in [-0.15, -0.1) is 0 Å². The lowest BCUT2D eigenvalue weighted by molar-refractivity contribution is 0.0223. The number of pyridine rings is 1. The zero-order chi connectivity index (χ0) is 29.1. The van der Waals surface area contributed by atoms with Crippen LogP contribution in [-0.4, -0.2) is 61.9 Å². The Kier molecular flexibility index (Phi) is 8.11. The summed E-state index contributed by atoms with van der Waals surface area (Å²) in [6.45, 7) is 6.40. The third-order valence-corrected chi connectivity index (χ3v) is 6.25. The number of ether oxygens (including phenoxy) is 2. The Bertz CT molecular complexity index is 1590. The van der Waals surface area contributed by atoms with Gasteiger partial charge in [-0.25, -0.2) is 19.0 Å². The minimum atomic E-state index is -2.39. The quantitative estimate of drug-likeness (QED) is 0.423. The number of rotatable bonds is 6. The van der Waals surface area contributed by atoms with Crippen molar-refractivity contribution in [3.05, 3.63) is 53.2 Å². The molecule has 0 spiro atoms. The van der Waals surface area contributed by atoms with Crippen LogP contribution in [0.3, 0.4) is 0 Å². The van der Waals surface area contributed by atoms with Crippen LogP contribution in [-0.2, 0) is 27.4 Å². The predicted molar refractivity (Wildman–Crippen MR) is 153 cm³/mol. The minimum Gasteiger partial charge on any atom is -0.496 e. The van der Waals surface area contributed by atoms with Crippen molar-refractivity contribution in [2.24, 2.45) is 4.36 Å². The molecule has 2 N–H and O–H groups in total. The van der Waals surface area contributed by atoms with Gasteiger partial charge in [-0.2, -0.15) is 14.6 Å². The first kappa shape index (κ1) is 28.6. The second-order valence-electron chi connectivity index (χ2n) is 10.4. The average molecular weight is 565 g/mol. The molecule has 2 aromatic heterocycles. The SMILES string of the molecule is COc1cc(Nc2ncc(C#N)c(Nc3cccc(N=S(C)(C)=O)n3)n2)cc2c1CCN(C(=O)OC(C)(C)C)C2. The molecule has 210 valence electrons. The molecule has 0 aliphatic carbocycles. The van der Waals surface area contributed by atoms with E-state index < -0.39 is 15.3 Å². The van der Waals surface area contributed by atoms with Crippen LogP contribution in [0.15, 0.2) is 40.9 Å². The largest absolute Gasteiger partial charge is 0.496 e. The van der Waals surface area contributed by atoms with E-state index in [1.807, 2.05) is 32.9 Å². The van der Waals surface area contributed by atoms with Gasteiger partial charge in [0.05, 0.1) is 13.3 Å². The van der Waals surface area contributed by atoms with Crippen LogP contribution in [0.1, 0.15) is 37.5 Å². The smallest absolute Gasteiger partial charge is 0.410 e. The standard InChI is InChI=1S/C27H32N8O4S/c1-27(2,3)39-26(36)35-11-10-20-17(16-35)12-19(13-21(20)38-4)30-25-29-15-18(14-28)24(33-25)32-22-8-7-9-23(31-22)34-40(5,6)37/h7-9,12-13,15H,10-11,16H2,1-6H3,(H2,29,30,31,32,33). The highest BCUT2D eigenvalue weighted by Gasteiger charge is 2.27. The molecular weight excluding hydrogens is 532 g/mol. The van der Waals surface area contributed by atoms with Gasteiger partial charge in [0.2, 0.25) is 5.95 Å². The van der Waals surface area contributed by atoms with E-state index in [1.165, 1.54) is 18.7 Å². The van der Waals surface area contributed by atoms with Crippen LogP contribution >= 0.6 is 0 Å². The zero-order valence-corrected chi connectivity index (χ0v) is 24.1. The summed E-state index contributed by atoms with van der Waals surface area (Å²) in [4.78, 5) is 27.4. The number of nitrogens with zero attached hydrogens (tertiary/aromatic N) is 6. The van der Waals surface area contributed by atoms with E-state index in [0.717, 1.165) is 11.1 Å². The number of aromatic nitrogens is 3. The molecule has 0 saturated heterocycles. The number of methoxy groups -OCH3 is 1. The van der Waals surface area contributed by atoms with Crippen molar-refractivity contribution in [3.63, 3.8) is 0 Å². The molecule has 0 unspecified atom stereocenters. The van der Waals surface area contributed by atoms with Crippen molar-refractivity contribution in [2.45, 2.75) is 39.3 Å². The van der Waals surface area contributed by atoms with Crippen LogP contribution in [0.2, 0.25) is 0 Å². The Hall–Kier alpha value is -4.44. The zero-order valence-electron chi connectivity index (χ0n) is 23.3. The fourth-order valence-corrected chi connectivity index (χ4v) is 4.59. The Morgan fingerprint density at radius 2 is 1.98 bits per heavy atom. The first-order valence-corrected chi connectivity index (χ1v) is 14.8. The molecule has 3 aromatic rings. The molecule has 40 heavy (non-hydrogen) atoms. The van der Waals surface area contributed by atoms with Crippen molar-refractivity contribution in [3.8, 4) is 11.8 Å². The lowest BCUT2D eigenvalue weighted by Crippen LogP contribution is -2.40. The van der Waals surface area contributed by atoms with E-state index in [2.05, 4.69) is 36.0 Å². The van der Waals surface area contributed by atoms with Gasteiger partial charge < -0.3 is 25.0 Å². The van der Waals surface area contributed by atoms with E-state index in [1.54, 1.807) is 30.2 Å². The first-order chi connectivity index (χ1) is 18.8. The first-order valence-electron chi connectivity index (χ1n) is 12.5. The normalized spacial score (nSPS) is 13.1. The highest BCUT2D eigenvalue weighted by Crippen LogP contribution is 2.33. The van der Waals surface area contributed by atoms with E-state index in [0.29, 0.717) is 42.6 Å². The molecule has 0 fully saturated rings. The number of hydrogen-bond donors (Lipinski definition) is 2. The Labute approximate surface area is 233 Å². The molecule has 1 amide bonds. The highest BCUT2D eigenvalue weighted by molar-refractivity contribution is 7.92. The molecule has 4 rings (SSSR count). The Morgan fingerprint density at radius 3 is 2.65 bits per heavy atom. The van der Waals surface area contributed by atoms with Crippen molar-refractivity contribution >= 4 is 44.9 Å². The molecular formula is C27H32N8O4S. The molecule has 12 nitrogen and oxygen atoms in total. The van der Waals surface area contributed by atoms with Crippen LogP contribution < -0.4 is 15.4 Å². The number of nitriles is 1. The molecule has 1 aliphatic rings. The molecule has 3 heterocycles. The third kappa shape index (κ3) is 7.35. The summed E-state index contributed by atoms with van der Waals surface area (Å²) in [5.74, 6) is 1.83. The van der Waals surface area contributed by atoms with Crippen molar-refractivity contribution in [1.82, 2.24) is 19.9 Å². The Balaban J connectivity index is 1.60. The maximum atomic E-state index is 12.7. The lowest BCUT2D eigenvalue weighted by atomic mass is 9.98. The van der Waals surface area contributed by atoms with Gasteiger partial charge in [0.15, 0.2) is 11.6 Å². The summed E-state index contributed by atoms with van der Waals surface area (Å²) in [6, 6.07) is 10.9. The minimum absolute atomic E-state index is 0.209. The van der Waals surface area contributed by atoms with Gasteiger partial charge in [-0.05, 0) is 51.0 Å². The maximum absolute atomic E-state index is 12.7. The summed E-state index contributed by atoms with van der Waals surface area (Å²) in [5.41, 5.74) is 2.21. The molecule has 0 radical (unpaired) electrons. The number of carbonyl (C=O) groups excluding carboxylic acids is 1. The van der Waals surface area contributed by atoms with Gasteiger partial charge in [0.25, 0.3) is 0 Å². The second kappa shape index (κ2) is 11.4. The molecule has 0 atom stereocenters. The van der Waals surface area contributed by atoms with Gasteiger partial charge in [-0.1, -0.05) is 6.07 Å². The predicted octanol–water partition coefficient (Wildman–Crippen LogP) is 4.89. The van der Waals surface area contributed by atoms with Crippen molar-refractivity contribution < 1.29 is 18.5 Å². The van der Waals surface area contributed by atoms with E-state index in [4.69, 9.17) is 9.47 Å². The number of nitrogens with one attached hydrogen (secondary N) is 2. The second-order valence-corrected chi connectivity index (χ2v) is 13.0. The van der Waals surface area contributed by atoms with E-state index in [-0.39, 0.29) is 23.4 Å². The Morgan fingerprint density at radius 1 is 1.20 bits per heavy atom. The molecule has 1 aliphatic heterocycles. The number of carbonyl (C=O) groups is 1. The number of anilines is 4. The fraction of sp³-hybridized carbons (Fsp3) is 0.370. The third-order valence-electron chi connectivity index (χ3n) is 5.63. The molecule has 0 saturated carbocycles. The van der Waals surface area contributed by atoms with Crippen LogP contribution in [0.4, 0.5) is 33.9 Å². The number of benzene rings is 1. The van der Waals surface area contributed by atoms with Crippen LogP contribution in [0.5, 0.6) is 5.75 Å². The van der Waals surface area contributed by atoms with E-state index >= 15 is 0 Å². The van der Waals surface area contributed by atoms with Crippen molar-refractivity contribution in [2.75, 3.05) is 36.8 Å².